The molecule has 1 aliphatic heterocycles. The van der Waals surface area contributed by atoms with E-state index in [0.29, 0.717) is 10.4 Å². The highest BCUT2D eigenvalue weighted by Crippen LogP contribution is 2.43. The fourth-order valence-corrected chi connectivity index (χ4v) is 3.59. The van der Waals surface area contributed by atoms with E-state index in [9.17, 15) is 17.6 Å². The summed E-state index contributed by atoms with van der Waals surface area (Å²) in [6.07, 6.45) is -5.64. The Morgan fingerprint density at radius 2 is 2.12 bits per heavy atom. The lowest BCUT2D eigenvalue weighted by atomic mass is 9.91. The Morgan fingerprint density at radius 3 is 2.76 bits per heavy atom. The van der Waals surface area contributed by atoms with E-state index in [4.69, 9.17) is 5.73 Å². The van der Waals surface area contributed by atoms with Crippen molar-refractivity contribution in [1.29, 1.82) is 0 Å². The van der Waals surface area contributed by atoms with E-state index >= 15 is 0 Å². The molecule has 2 atom stereocenters. The second kappa shape index (κ2) is 6.80. The van der Waals surface area contributed by atoms with Crippen molar-refractivity contribution < 1.29 is 22.3 Å². The molecule has 1 aliphatic rings. The van der Waals surface area contributed by atoms with Crippen LogP contribution in [-0.4, -0.2) is 23.3 Å². The van der Waals surface area contributed by atoms with Crippen LogP contribution in [0.15, 0.2) is 34.8 Å². The minimum Gasteiger partial charge on any atom is -0.452 e. The molecule has 2 aromatic rings. The Morgan fingerprint density at radius 1 is 1.40 bits per heavy atom. The molecule has 25 heavy (non-hydrogen) atoms. The van der Waals surface area contributed by atoms with Crippen molar-refractivity contribution in [3.63, 3.8) is 0 Å². The first kappa shape index (κ1) is 19.5. The molecular weight excluding hydrogens is 382 g/mol. The smallest absolute Gasteiger partial charge is 0.425 e. The Labute approximate surface area is 151 Å². The van der Waals surface area contributed by atoms with E-state index in [1.807, 2.05) is 0 Å². The minimum atomic E-state index is -4.54. The van der Waals surface area contributed by atoms with Crippen LogP contribution in [0.4, 0.5) is 17.6 Å². The Hall–Kier alpha value is -1.87. The van der Waals surface area contributed by atoms with Gasteiger partial charge in [0.15, 0.2) is 6.10 Å². The number of nitrogens with two attached hydrogens (primary N) is 1. The number of hydrogen-bond acceptors (Lipinski definition) is 5. The van der Waals surface area contributed by atoms with Gasteiger partial charge < -0.3 is 10.5 Å². The lowest BCUT2D eigenvalue weighted by molar-refractivity contribution is -0.208. The van der Waals surface area contributed by atoms with Crippen molar-refractivity contribution >= 4 is 29.8 Å². The van der Waals surface area contributed by atoms with E-state index in [2.05, 4.69) is 14.7 Å². The minimum absolute atomic E-state index is 0. The number of halogens is 5. The Bertz CT molecular complexity index is 795. The highest BCUT2D eigenvalue weighted by Gasteiger charge is 2.49. The molecule has 0 unspecified atom stereocenters. The molecule has 0 spiro atoms. The predicted octanol–water partition coefficient (Wildman–Crippen LogP) is 4.25. The maximum Gasteiger partial charge on any atom is 0.425 e. The van der Waals surface area contributed by atoms with Gasteiger partial charge in [0.2, 0.25) is 5.95 Å². The summed E-state index contributed by atoms with van der Waals surface area (Å²) >= 11 is 1.19. The van der Waals surface area contributed by atoms with Crippen LogP contribution < -0.4 is 5.73 Å². The maximum atomic E-state index is 13.8. The van der Waals surface area contributed by atoms with Crippen LogP contribution >= 0.6 is 23.7 Å². The summed E-state index contributed by atoms with van der Waals surface area (Å²) < 4.78 is 57.4. The summed E-state index contributed by atoms with van der Waals surface area (Å²) in [5.74, 6) is -0.643. The van der Waals surface area contributed by atoms with Crippen LogP contribution in [0.5, 0.6) is 0 Å². The standard InChI is InChI=1S/C15H13F4N3OS.ClH/c1-14(6-10(15(17,18)19)23-13(20)22-14)11-5-8(7-24-11)9-3-2-4-21-12(9)16;/h2-5,7,10H,6H2,1H3,(H2,20,22);1H/t10-,14-;/m0./s1. The molecule has 0 bridgehead atoms. The molecule has 0 saturated carbocycles. The van der Waals surface area contributed by atoms with Gasteiger partial charge in [-0.3, -0.25) is 0 Å². The van der Waals surface area contributed by atoms with Gasteiger partial charge in [0, 0.05) is 23.1 Å². The van der Waals surface area contributed by atoms with Gasteiger partial charge >= 0.3 is 6.18 Å². The average molecular weight is 396 g/mol. The van der Waals surface area contributed by atoms with E-state index in [-0.39, 0.29) is 18.0 Å². The van der Waals surface area contributed by atoms with E-state index in [1.54, 1.807) is 30.5 Å². The number of nitrogens with zero attached hydrogens (tertiary/aromatic N) is 2. The predicted molar refractivity (Wildman–Crippen MR) is 89.3 cm³/mol. The van der Waals surface area contributed by atoms with Crippen molar-refractivity contribution in [1.82, 2.24) is 4.98 Å². The van der Waals surface area contributed by atoms with Gasteiger partial charge in [0.1, 0.15) is 5.54 Å². The summed E-state index contributed by atoms with van der Waals surface area (Å²) in [5.41, 5.74) is 5.06. The summed E-state index contributed by atoms with van der Waals surface area (Å²) in [4.78, 5) is 8.17. The van der Waals surface area contributed by atoms with Crippen LogP contribution in [0.3, 0.4) is 0 Å². The number of rotatable bonds is 2. The molecule has 4 nitrogen and oxygen atoms in total. The largest absolute Gasteiger partial charge is 0.452 e. The van der Waals surface area contributed by atoms with Gasteiger partial charge in [-0.25, -0.2) is 9.98 Å². The highest BCUT2D eigenvalue weighted by atomic mass is 35.5. The van der Waals surface area contributed by atoms with E-state index < -0.39 is 36.2 Å². The fraction of sp³-hybridized carbons (Fsp3) is 0.333. The first-order valence-corrected chi connectivity index (χ1v) is 7.85. The normalized spacial score (nSPS) is 23.4. The number of thiophene rings is 1. The second-order valence-corrected chi connectivity index (χ2v) is 6.53. The molecule has 3 heterocycles. The molecular formula is C15H14ClF4N3OS. The Kier molecular flexibility index (Phi) is 5.29. The van der Waals surface area contributed by atoms with E-state index in [0.717, 1.165) is 0 Å². The van der Waals surface area contributed by atoms with Gasteiger partial charge in [-0.1, -0.05) is 0 Å². The van der Waals surface area contributed by atoms with Crippen molar-refractivity contribution in [2.24, 2.45) is 10.7 Å². The molecule has 0 amide bonds. The molecule has 10 heteroatoms. The summed E-state index contributed by atoms with van der Waals surface area (Å²) in [6.45, 7) is 1.55. The van der Waals surface area contributed by atoms with Gasteiger partial charge in [0.05, 0.1) is 0 Å². The molecule has 3 rings (SSSR count). The zero-order chi connectivity index (χ0) is 17.5. The lowest BCUT2D eigenvalue weighted by Crippen LogP contribution is -2.45. The number of hydrogen-bond donors (Lipinski definition) is 1. The van der Waals surface area contributed by atoms with Crippen LogP contribution in [0, 0.1) is 5.95 Å². The number of aromatic nitrogens is 1. The molecule has 2 N–H and O–H groups in total. The van der Waals surface area contributed by atoms with Crippen LogP contribution in [0.25, 0.3) is 11.1 Å². The summed E-state index contributed by atoms with van der Waals surface area (Å²) in [6, 6.07) is 4.24. The molecule has 136 valence electrons. The van der Waals surface area contributed by atoms with E-state index in [1.165, 1.54) is 17.5 Å². The third-order valence-electron chi connectivity index (χ3n) is 3.77. The van der Waals surface area contributed by atoms with Crippen LogP contribution in [-0.2, 0) is 10.3 Å². The number of amidine groups is 1. The quantitative estimate of drug-likeness (QED) is 0.610. The van der Waals surface area contributed by atoms with Gasteiger partial charge in [-0.15, -0.1) is 23.7 Å². The first-order chi connectivity index (χ1) is 11.2. The zero-order valence-electron chi connectivity index (χ0n) is 12.9. The third-order valence-corrected chi connectivity index (χ3v) is 4.95. The number of pyridine rings is 1. The monoisotopic (exact) mass is 395 g/mol. The molecule has 0 radical (unpaired) electrons. The molecule has 2 aromatic heterocycles. The van der Waals surface area contributed by atoms with Crippen molar-refractivity contribution in [3.8, 4) is 11.1 Å². The fourth-order valence-electron chi connectivity index (χ4n) is 2.56. The average Bonchev–Trinajstić information content (AvgIpc) is 2.96. The topological polar surface area (TPSA) is 60.5 Å². The van der Waals surface area contributed by atoms with Crippen molar-refractivity contribution in [3.05, 3.63) is 40.6 Å². The number of ether oxygens (including phenoxy) is 1. The van der Waals surface area contributed by atoms with Gasteiger partial charge in [-0.05, 0) is 36.1 Å². The second-order valence-electron chi connectivity index (χ2n) is 5.62. The first-order valence-electron chi connectivity index (χ1n) is 6.98. The summed E-state index contributed by atoms with van der Waals surface area (Å²) in [7, 11) is 0. The van der Waals surface area contributed by atoms with Crippen molar-refractivity contribution in [2.75, 3.05) is 0 Å². The van der Waals surface area contributed by atoms with Crippen LogP contribution in [0.1, 0.15) is 18.2 Å². The molecule has 0 aromatic carbocycles. The van der Waals surface area contributed by atoms with Gasteiger partial charge in [0.25, 0.3) is 6.02 Å². The molecule has 0 aliphatic carbocycles. The summed E-state index contributed by atoms with van der Waals surface area (Å²) in [5, 5.41) is 1.66. The van der Waals surface area contributed by atoms with Crippen molar-refractivity contribution in [2.45, 2.75) is 31.2 Å². The Balaban J connectivity index is 0.00000225. The number of alkyl halides is 3. The maximum absolute atomic E-state index is 13.8. The highest BCUT2D eigenvalue weighted by molar-refractivity contribution is 7.10. The lowest BCUT2D eigenvalue weighted by Gasteiger charge is -2.34. The van der Waals surface area contributed by atoms with Crippen LogP contribution in [0.2, 0.25) is 0 Å². The zero-order valence-corrected chi connectivity index (χ0v) is 14.5. The molecule has 0 saturated heterocycles. The number of aliphatic imine (C=N–C) groups is 1. The SMILES string of the molecule is C[C@@]1(c2cc(-c3cccnc3F)cs2)C[C@@H](C(F)(F)F)OC(N)=N1.Cl. The van der Waals surface area contributed by atoms with Gasteiger partial charge in [-0.2, -0.15) is 17.6 Å². The molecule has 0 fully saturated rings. The third kappa shape index (κ3) is 3.87.